The summed E-state index contributed by atoms with van der Waals surface area (Å²) in [5.74, 6) is -0.140. The van der Waals surface area contributed by atoms with Gasteiger partial charge in [0.1, 0.15) is 5.56 Å². The summed E-state index contributed by atoms with van der Waals surface area (Å²) in [4.78, 5) is 14.4. The summed E-state index contributed by atoms with van der Waals surface area (Å²) in [6, 6.07) is 7.79. The van der Waals surface area contributed by atoms with Crippen LogP contribution in [0.2, 0.25) is 0 Å². The maximum atomic E-state index is 12.8. The average Bonchev–Trinajstić information content (AvgIpc) is 3.44. The van der Waals surface area contributed by atoms with Gasteiger partial charge in [-0.3, -0.25) is 4.79 Å². The summed E-state index contributed by atoms with van der Waals surface area (Å²) in [7, 11) is 1.36. The van der Waals surface area contributed by atoms with Crippen molar-refractivity contribution in [1.82, 2.24) is 4.90 Å². The van der Waals surface area contributed by atoms with Crippen molar-refractivity contribution in [3.63, 3.8) is 0 Å². The van der Waals surface area contributed by atoms with E-state index in [0.29, 0.717) is 10.3 Å². The van der Waals surface area contributed by atoms with Crippen molar-refractivity contribution in [2.24, 2.45) is 0 Å². The van der Waals surface area contributed by atoms with Crippen molar-refractivity contribution >= 4 is 5.91 Å². The first-order chi connectivity index (χ1) is 12.5. The van der Waals surface area contributed by atoms with Crippen molar-refractivity contribution in [1.29, 1.82) is 0 Å². The fourth-order valence-electron chi connectivity index (χ4n) is 2.70. The first kappa shape index (κ1) is 17.9. The molecular weight excluding hydrogens is 346 g/mol. The number of nitrogens with zero attached hydrogens (tertiary/aromatic N) is 2. The van der Waals surface area contributed by atoms with Gasteiger partial charge >= 0.3 is 6.61 Å². The lowest BCUT2D eigenvalue weighted by Gasteiger charge is -2.23. The van der Waals surface area contributed by atoms with E-state index in [2.05, 4.69) is 4.74 Å². The van der Waals surface area contributed by atoms with Crippen molar-refractivity contribution in [2.45, 2.75) is 32.0 Å². The lowest BCUT2D eigenvalue weighted by Crippen LogP contribution is -2.35. The van der Waals surface area contributed by atoms with Gasteiger partial charge in [0.2, 0.25) is 0 Å². The zero-order valence-corrected chi connectivity index (χ0v) is 14.1. The number of ether oxygens (including phenoxy) is 2. The Kier molecular flexibility index (Phi) is 5.20. The highest BCUT2D eigenvalue weighted by atomic mass is 19.3. The molecule has 0 spiro atoms. The molecule has 3 rings (SSSR count). The molecule has 138 valence electrons. The number of alkyl halides is 2. The molecule has 1 heterocycles. The molecule has 1 aromatic heterocycles. The largest absolute Gasteiger partial charge is 0.619 e. The molecule has 0 radical (unpaired) electrons. The van der Waals surface area contributed by atoms with E-state index < -0.39 is 6.61 Å². The first-order valence-corrected chi connectivity index (χ1v) is 8.09. The average molecular weight is 364 g/mol. The van der Waals surface area contributed by atoms with Gasteiger partial charge in [-0.2, -0.15) is 13.5 Å². The number of pyridine rings is 1. The zero-order valence-electron chi connectivity index (χ0n) is 14.1. The summed E-state index contributed by atoms with van der Waals surface area (Å²) in [6.45, 7) is -2.67. The van der Waals surface area contributed by atoms with Crippen molar-refractivity contribution < 1.29 is 27.8 Å². The van der Waals surface area contributed by atoms with Crippen LogP contribution < -0.4 is 14.2 Å². The van der Waals surface area contributed by atoms with Crippen molar-refractivity contribution in [3.05, 3.63) is 59.1 Å². The molecule has 8 heteroatoms. The van der Waals surface area contributed by atoms with Crippen LogP contribution in [0.25, 0.3) is 0 Å². The molecule has 2 aromatic rings. The molecule has 0 N–H and O–H groups in total. The minimum absolute atomic E-state index is 0.0639. The molecular formula is C18H18F2N2O4. The summed E-state index contributed by atoms with van der Waals surface area (Å²) in [5, 5.41) is 11.4. The van der Waals surface area contributed by atoms with Crippen LogP contribution in [0.5, 0.6) is 11.5 Å². The monoisotopic (exact) mass is 364 g/mol. The molecule has 1 aliphatic carbocycles. The predicted octanol–water partition coefficient (Wildman–Crippen LogP) is 2.73. The number of rotatable bonds is 7. The van der Waals surface area contributed by atoms with Gasteiger partial charge in [-0.1, -0.05) is 6.07 Å². The quantitative estimate of drug-likeness (QED) is 0.560. The number of amides is 1. The zero-order chi connectivity index (χ0) is 18.7. The van der Waals surface area contributed by atoms with Gasteiger partial charge in [0.25, 0.3) is 5.91 Å². The Bertz CT molecular complexity index is 797. The summed E-state index contributed by atoms with van der Waals surface area (Å²) < 4.78 is 34.9. The topological polar surface area (TPSA) is 65.7 Å². The van der Waals surface area contributed by atoms with E-state index >= 15 is 0 Å². The normalized spacial score (nSPS) is 13.5. The number of halogens is 2. The molecule has 1 aliphatic rings. The third kappa shape index (κ3) is 4.19. The Balaban J connectivity index is 1.81. The van der Waals surface area contributed by atoms with Crippen LogP contribution >= 0.6 is 0 Å². The molecule has 0 atom stereocenters. The second-order valence-corrected chi connectivity index (χ2v) is 5.98. The fourth-order valence-corrected chi connectivity index (χ4v) is 2.70. The molecule has 0 unspecified atom stereocenters. The minimum atomic E-state index is -2.95. The summed E-state index contributed by atoms with van der Waals surface area (Å²) in [5.41, 5.74) is 1.02. The highest BCUT2D eigenvalue weighted by molar-refractivity contribution is 5.94. The van der Waals surface area contributed by atoms with Crippen LogP contribution in [-0.4, -0.2) is 30.6 Å². The number of hydrogen-bond donors (Lipinski definition) is 0. The summed E-state index contributed by atoms with van der Waals surface area (Å²) >= 11 is 0. The van der Waals surface area contributed by atoms with Gasteiger partial charge < -0.3 is 19.6 Å². The molecule has 1 fully saturated rings. The van der Waals surface area contributed by atoms with Crippen LogP contribution in [0, 0.1) is 5.21 Å². The first-order valence-electron chi connectivity index (χ1n) is 8.09. The third-order valence-corrected chi connectivity index (χ3v) is 4.07. The van der Waals surface area contributed by atoms with Gasteiger partial charge in [-0.25, -0.2) is 0 Å². The van der Waals surface area contributed by atoms with Gasteiger partial charge in [-0.05, 0) is 36.6 Å². The molecule has 26 heavy (non-hydrogen) atoms. The Morgan fingerprint density at radius 2 is 2.12 bits per heavy atom. The van der Waals surface area contributed by atoms with E-state index in [1.54, 1.807) is 23.1 Å². The van der Waals surface area contributed by atoms with Crippen LogP contribution in [0.1, 0.15) is 28.8 Å². The maximum Gasteiger partial charge on any atom is 0.387 e. The standard InChI is InChI=1S/C18H18F2N2O4/c1-25-16-9-12(4-7-15(16)26-18(19)20)10-22(14-5-6-14)17(23)13-3-2-8-21(24)11-13/h2-4,7-9,11,14,18H,5-6,10H2,1H3. The molecule has 0 bridgehead atoms. The van der Waals surface area contributed by atoms with Crippen LogP contribution in [-0.2, 0) is 6.54 Å². The van der Waals surface area contributed by atoms with E-state index in [4.69, 9.17) is 4.74 Å². The van der Waals surface area contributed by atoms with E-state index in [0.717, 1.165) is 18.4 Å². The van der Waals surface area contributed by atoms with Crippen molar-refractivity contribution in [2.75, 3.05) is 7.11 Å². The summed E-state index contributed by atoms with van der Waals surface area (Å²) in [6.07, 6.45) is 4.32. The number of benzene rings is 1. The third-order valence-electron chi connectivity index (χ3n) is 4.07. The second-order valence-electron chi connectivity index (χ2n) is 5.98. The lowest BCUT2D eigenvalue weighted by molar-refractivity contribution is -0.605. The van der Waals surface area contributed by atoms with Crippen LogP contribution in [0.15, 0.2) is 42.7 Å². The van der Waals surface area contributed by atoms with Gasteiger partial charge in [0.15, 0.2) is 23.9 Å². The highest BCUT2D eigenvalue weighted by Crippen LogP contribution is 2.33. The number of hydrogen-bond acceptors (Lipinski definition) is 4. The minimum Gasteiger partial charge on any atom is -0.619 e. The SMILES string of the molecule is COc1cc(CN(C(=O)c2ccc[n+]([O-])c2)C2CC2)ccc1OC(F)F. The Morgan fingerprint density at radius 3 is 2.73 bits per heavy atom. The number of carbonyl (C=O) groups excluding carboxylic acids is 1. The fraction of sp³-hybridized carbons (Fsp3) is 0.333. The molecule has 0 aliphatic heterocycles. The number of carbonyl (C=O) groups is 1. The Morgan fingerprint density at radius 1 is 1.35 bits per heavy atom. The molecule has 1 saturated carbocycles. The molecule has 6 nitrogen and oxygen atoms in total. The Hall–Kier alpha value is -2.90. The van der Waals surface area contributed by atoms with Gasteiger partial charge in [0, 0.05) is 18.7 Å². The second kappa shape index (κ2) is 7.55. The van der Waals surface area contributed by atoms with Crippen LogP contribution in [0.4, 0.5) is 8.78 Å². The molecule has 1 amide bonds. The molecule has 0 saturated heterocycles. The maximum absolute atomic E-state index is 12.8. The molecule has 1 aromatic carbocycles. The van der Waals surface area contributed by atoms with Crippen LogP contribution in [0.3, 0.4) is 0 Å². The van der Waals surface area contributed by atoms with Gasteiger partial charge in [-0.15, -0.1) is 0 Å². The van der Waals surface area contributed by atoms with E-state index in [9.17, 15) is 18.8 Å². The van der Waals surface area contributed by atoms with Crippen molar-refractivity contribution in [3.8, 4) is 11.5 Å². The van der Waals surface area contributed by atoms with E-state index in [1.807, 2.05) is 0 Å². The number of methoxy groups -OCH3 is 1. The van der Waals surface area contributed by atoms with E-state index in [1.165, 1.54) is 31.6 Å². The Labute approximate surface area is 149 Å². The van der Waals surface area contributed by atoms with E-state index in [-0.39, 0.29) is 30.0 Å². The highest BCUT2D eigenvalue weighted by Gasteiger charge is 2.33. The lowest BCUT2D eigenvalue weighted by atomic mass is 10.1. The van der Waals surface area contributed by atoms with Gasteiger partial charge in [0.05, 0.1) is 7.11 Å². The smallest absolute Gasteiger partial charge is 0.387 e. The number of aromatic nitrogens is 1. The predicted molar refractivity (Wildman–Crippen MR) is 87.9 cm³/mol.